The summed E-state index contributed by atoms with van der Waals surface area (Å²) in [5.74, 6) is -1.21. The van der Waals surface area contributed by atoms with Crippen molar-refractivity contribution < 1.29 is 18.5 Å². The van der Waals surface area contributed by atoms with Crippen LogP contribution in [-0.4, -0.2) is 40.2 Å². The highest BCUT2D eigenvalue weighted by molar-refractivity contribution is 7.87. The zero-order valence-corrected chi connectivity index (χ0v) is 11.6. The largest absolute Gasteiger partial charge is 0.353 e. The maximum Gasteiger partial charge on any atom is 0.298 e. The first-order valence-electron chi connectivity index (χ1n) is 5.87. The molecule has 1 aromatic carbocycles. The van der Waals surface area contributed by atoms with Crippen molar-refractivity contribution in [3.05, 3.63) is 30.3 Å². The van der Waals surface area contributed by atoms with Crippen LogP contribution < -0.4 is 4.90 Å². The summed E-state index contributed by atoms with van der Waals surface area (Å²) in [5, 5.41) is 0. The minimum atomic E-state index is -1.51. The third kappa shape index (κ3) is 2.46. The molecule has 1 saturated heterocycles. The second-order valence-electron chi connectivity index (χ2n) is 4.37. The van der Waals surface area contributed by atoms with E-state index in [0.29, 0.717) is 5.69 Å². The van der Waals surface area contributed by atoms with E-state index >= 15 is 0 Å². The minimum absolute atomic E-state index is 0.233. The second-order valence-corrected chi connectivity index (χ2v) is 6.25. The number of ketones is 1. The SMILES string of the molecule is CN(C(=O)C(=O)[C@@]1(C)OCCS1=O)c1ccccc1. The predicted octanol–water partition coefficient (Wildman–Crippen LogP) is 0.714. The van der Waals surface area contributed by atoms with E-state index in [2.05, 4.69) is 0 Å². The van der Waals surface area contributed by atoms with Gasteiger partial charge in [0.1, 0.15) is 0 Å². The number of carbonyl (C=O) groups excluding carboxylic acids is 2. The van der Waals surface area contributed by atoms with Crippen LogP contribution in [0.15, 0.2) is 30.3 Å². The molecule has 1 aliphatic rings. The molecule has 0 bridgehead atoms. The Morgan fingerprint density at radius 3 is 2.47 bits per heavy atom. The van der Waals surface area contributed by atoms with Gasteiger partial charge in [-0.05, 0) is 19.1 Å². The van der Waals surface area contributed by atoms with Gasteiger partial charge in [-0.2, -0.15) is 0 Å². The summed E-state index contributed by atoms with van der Waals surface area (Å²) in [4.78, 5) is 24.1. The van der Waals surface area contributed by atoms with Gasteiger partial charge in [0, 0.05) is 12.7 Å². The number of para-hydroxylation sites is 1. The van der Waals surface area contributed by atoms with Crippen molar-refractivity contribution in [3.63, 3.8) is 0 Å². The Labute approximate surface area is 114 Å². The van der Waals surface area contributed by atoms with Crippen LogP contribution in [0.25, 0.3) is 0 Å². The lowest BCUT2D eigenvalue weighted by Crippen LogP contribution is -2.48. The molecule has 0 aromatic heterocycles. The van der Waals surface area contributed by atoms with Crippen LogP contribution in [-0.2, 0) is 25.1 Å². The fraction of sp³-hybridized carbons (Fsp3) is 0.385. The van der Waals surface area contributed by atoms with E-state index in [1.807, 2.05) is 6.07 Å². The molecule has 5 nitrogen and oxygen atoms in total. The highest BCUT2D eigenvalue weighted by atomic mass is 32.2. The number of amides is 1. The Hall–Kier alpha value is -1.53. The van der Waals surface area contributed by atoms with Gasteiger partial charge in [-0.25, -0.2) is 0 Å². The molecule has 1 heterocycles. The van der Waals surface area contributed by atoms with Crippen LogP contribution in [0.2, 0.25) is 0 Å². The first kappa shape index (κ1) is 13.9. The Kier molecular flexibility index (Phi) is 3.82. The lowest BCUT2D eigenvalue weighted by molar-refractivity contribution is -0.143. The molecule has 0 N–H and O–H groups in total. The number of rotatable bonds is 3. The molecule has 1 unspecified atom stereocenters. The normalized spacial score (nSPS) is 26.1. The summed E-state index contributed by atoms with van der Waals surface area (Å²) < 4.78 is 17.0. The van der Waals surface area contributed by atoms with Crippen molar-refractivity contribution in [2.45, 2.75) is 11.9 Å². The molecule has 2 atom stereocenters. The third-order valence-corrected chi connectivity index (χ3v) is 4.85. The van der Waals surface area contributed by atoms with Gasteiger partial charge in [-0.3, -0.25) is 13.8 Å². The van der Waals surface area contributed by atoms with Gasteiger partial charge in [-0.1, -0.05) is 18.2 Å². The van der Waals surface area contributed by atoms with Gasteiger partial charge >= 0.3 is 0 Å². The topological polar surface area (TPSA) is 63.7 Å². The number of benzene rings is 1. The molecule has 2 rings (SSSR count). The number of likely N-dealkylation sites (N-methyl/N-ethyl adjacent to an activating group) is 1. The highest BCUT2D eigenvalue weighted by Crippen LogP contribution is 2.25. The number of nitrogens with zero attached hydrogens (tertiary/aromatic N) is 1. The maximum atomic E-state index is 12.2. The summed E-state index contributed by atoms with van der Waals surface area (Å²) in [6.07, 6.45) is 0. The quantitative estimate of drug-likeness (QED) is 0.766. The van der Waals surface area contributed by atoms with Crippen molar-refractivity contribution in [2.24, 2.45) is 0 Å². The first-order chi connectivity index (χ1) is 8.97. The molecule has 0 saturated carbocycles. The van der Waals surface area contributed by atoms with Crippen molar-refractivity contribution in [3.8, 4) is 0 Å². The highest BCUT2D eigenvalue weighted by Gasteiger charge is 2.48. The Bertz CT molecular complexity index is 531. The molecular weight excluding hydrogens is 266 g/mol. The van der Waals surface area contributed by atoms with Crippen molar-refractivity contribution in [1.29, 1.82) is 0 Å². The molecule has 19 heavy (non-hydrogen) atoms. The van der Waals surface area contributed by atoms with Crippen LogP contribution in [0, 0.1) is 0 Å². The number of anilines is 1. The summed E-state index contributed by atoms with van der Waals surface area (Å²) in [6.45, 7) is 1.65. The Morgan fingerprint density at radius 1 is 1.32 bits per heavy atom. The van der Waals surface area contributed by atoms with E-state index in [-0.39, 0.29) is 12.4 Å². The van der Waals surface area contributed by atoms with Gasteiger partial charge in [0.25, 0.3) is 11.7 Å². The lowest BCUT2D eigenvalue weighted by atomic mass is 10.2. The number of ether oxygens (including phenoxy) is 1. The summed E-state index contributed by atoms with van der Waals surface area (Å²) in [5.41, 5.74) is 0.605. The summed E-state index contributed by atoms with van der Waals surface area (Å²) in [6, 6.07) is 8.81. The zero-order chi connectivity index (χ0) is 14.0. The summed E-state index contributed by atoms with van der Waals surface area (Å²) in [7, 11) is 0.0416. The van der Waals surface area contributed by atoms with Gasteiger partial charge in [0.2, 0.25) is 4.93 Å². The van der Waals surface area contributed by atoms with Gasteiger partial charge < -0.3 is 9.64 Å². The standard InChI is InChI=1S/C13H15NO4S/c1-13(18-8-9-19(13)17)11(15)12(16)14(2)10-6-4-3-5-7-10/h3-7H,8-9H2,1-2H3/t13-,19?/m0/s1. The average molecular weight is 281 g/mol. The predicted molar refractivity (Wildman–Crippen MR) is 72.2 cm³/mol. The Balaban J connectivity index is 2.21. The molecule has 0 aliphatic carbocycles. The van der Waals surface area contributed by atoms with E-state index in [9.17, 15) is 13.8 Å². The smallest absolute Gasteiger partial charge is 0.298 e. The molecular formula is C13H15NO4S. The van der Waals surface area contributed by atoms with E-state index < -0.39 is 27.4 Å². The van der Waals surface area contributed by atoms with Gasteiger partial charge in [0.05, 0.1) is 23.2 Å². The number of hydrogen-bond donors (Lipinski definition) is 0. The number of Topliss-reactive ketones (excluding diaryl/α,β-unsaturated/α-hetero) is 1. The molecule has 1 amide bonds. The van der Waals surface area contributed by atoms with E-state index in [1.165, 1.54) is 18.9 Å². The molecule has 1 aliphatic heterocycles. The molecule has 1 aromatic rings. The van der Waals surface area contributed by atoms with Crippen LogP contribution in [0.5, 0.6) is 0 Å². The number of hydrogen-bond acceptors (Lipinski definition) is 4. The first-order valence-corrected chi connectivity index (χ1v) is 7.18. The minimum Gasteiger partial charge on any atom is -0.353 e. The average Bonchev–Trinajstić information content (AvgIpc) is 2.78. The van der Waals surface area contributed by atoms with Crippen LogP contribution >= 0.6 is 0 Å². The van der Waals surface area contributed by atoms with E-state index in [1.54, 1.807) is 24.3 Å². The lowest BCUT2D eigenvalue weighted by Gasteiger charge is -2.23. The summed E-state index contributed by atoms with van der Waals surface area (Å²) >= 11 is 0. The van der Waals surface area contributed by atoms with E-state index in [4.69, 9.17) is 4.74 Å². The third-order valence-electron chi connectivity index (χ3n) is 3.14. The fourth-order valence-corrected chi connectivity index (χ4v) is 2.99. The van der Waals surface area contributed by atoms with Crippen LogP contribution in [0.4, 0.5) is 5.69 Å². The fourth-order valence-electron chi connectivity index (χ4n) is 1.86. The number of carbonyl (C=O) groups is 2. The molecule has 0 radical (unpaired) electrons. The van der Waals surface area contributed by atoms with Gasteiger partial charge in [0.15, 0.2) is 0 Å². The van der Waals surface area contributed by atoms with Crippen molar-refractivity contribution in [2.75, 3.05) is 24.3 Å². The zero-order valence-electron chi connectivity index (χ0n) is 10.8. The second kappa shape index (κ2) is 5.22. The molecule has 0 spiro atoms. The van der Waals surface area contributed by atoms with Crippen LogP contribution in [0.3, 0.4) is 0 Å². The molecule has 102 valence electrons. The van der Waals surface area contributed by atoms with Gasteiger partial charge in [-0.15, -0.1) is 0 Å². The molecule has 6 heteroatoms. The van der Waals surface area contributed by atoms with E-state index in [0.717, 1.165) is 0 Å². The monoisotopic (exact) mass is 281 g/mol. The van der Waals surface area contributed by atoms with Crippen molar-refractivity contribution >= 4 is 28.2 Å². The maximum absolute atomic E-state index is 12.2. The van der Waals surface area contributed by atoms with Crippen LogP contribution in [0.1, 0.15) is 6.92 Å². The van der Waals surface area contributed by atoms with Crippen molar-refractivity contribution in [1.82, 2.24) is 0 Å². The molecule has 1 fully saturated rings. The Morgan fingerprint density at radius 2 is 1.95 bits per heavy atom.